The first-order valence-corrected chi connectivity index (χ1v) is 5.71. The molecular formula is C14H11ClO3. The van der Waals surface area contributed by atoms with Gasteiger partial charge in [-0.05, 0) is 48.9 Å². The highest BCUT2D eigenvalue weighted by molar-refractivity contribution is 6.31. The third-order valence-electron chi connectivity index (χ3n) is 2.45. The number of carboxylic acids is 1. The average molecular weight is 263 g/mol. The van der Waals surface area contributed by atoms with Crippen molar-refractivity contribution in [1.29, 1.82) is 0 Å². The maximum absolute atomic E-state index is 10.8. The Morgan fingerprint density at radius 1 is 1.17 bits per heavy atom. The average Bonchev–Trinajstić information content (AvgIpc) is 2.34. The monoisotopic (exact) mass is 262 g/mol. The van der Waals surface area contributed by atoms with Gasteiger partial charge in [-0.2, -0.15) is 0 Å². The molecule has 0 heterocycles. The van der Waals surface area contributed by atoms with Crippen LogP contribution in [0.1, 0.15) is 15.9 Å². The SMILES string of the molecule is Cc1cc(Oc2cccc(C(=O)O)c2)ccc1Cl. The van der Waals surface area contributed by atoms with Gasteiger partial charge in [0.2, 0.25) is 0 Å². The van der Waals surface area contributed by atoms with Crippen LogP contribution in [-0.4, -0.2) is 11.1 Å². The van der Waals surface area contributed by atoms with E-state index < -0.39 is 5.97 Å². The van der Waals surface area contributed by atoms with Crippen LogP contribution in [0.4, 0.5) is 0 Å². The third kappa shape index (κ3) is 2.81. The molecule has 18 heavy (non-hydrogen) atoms. The van der Waals surface area contributed by atoms with Gasteiger partial charge in [0.05, 0.1) is 5.56 Å². The van der Waals surface area contributed by atoms with Crippen LogP contribution in [0.2, 0.25) is 5.02 Å². The molecule has 0 bridgehead atoms. The number of halogens is 1. The predicted molar refractivity (Wildman–Crippen MR) is 69.7 cm³/mol. The van der Waals surface area contributed by atoms with Gasteiger partial charge in [-0.25, -0.2) is 4.79 Å². The number of hydrogen-bond donors (Lipinski definition) is 1. The van der Waals surface area contributed by atoms with Gasteiger partial charge >= 0.3 is 5.97 Å². The molecule has 0 unspecified atom stereocenters. The Kier molecular flexibility index (Phi) is 3.53. The van der Waals surface area contributed by atoms with Crippen LogP contribution >= 0.6 is 11.6 Å². The second-order valence-corrected chi connectivity index (χ2v) is 4.25. The topological polar surface area (TPSA) is 46.5 Å². The van der Waals surface area contributed by atoms with Gasteiger partial charge in [0.1, 0.15) is 11.5 Å². The highest BCUT2D eigenvalue weighted by Crippen LogP contribution is 2.26. The lowest BCUT2D eigenvalue weighted by Gasteiger charge is -2.07. The lowest BCUT2D eigenvalue weighted by atomic mass is 10.2. The minimum Gasteiger partial charge on any atom is -0.478 e. The van der Waals surface area contributed by atoms with Crippen LogP contribution in [0.5, 0.6) is 11.5 Å². The van der Waals surface area contributed by atoms with Crippen molar-refractivity contribution >= 4 is 17.6 Å². The Hall–Kier alpha value is -2.00. The number of benzene rings is 2. The Morgan fingerprint density at radius 2 is 1.89 bits per heavy atom. The molecule has 2 aromatic carbocycles. The summed E-state index contributed by atoms with van der Waals surface area (Å²) < 4.78 is 5.58. The van der Waals surface area contributed by atoms with Gasteiger partial charge in [-0.15, -0.1) is 0 Å². The van der Waals surface area contributed by atoms with E-state index in [0.717, 1.165) is 5.56 Å². The van der Waals surface area contributed by atoms with Crippen molar-refractivity contribution in [3.63, 3.8) is 0 Å². The normalized spacial score (nSPS) is 10.1. The standard InChI is InChI=1S/C14H11ClO3/c1-9-7-12(5-6-13(9)15)18-11-4-2-3-10(8-11)14(16)17/h2-8H,1H3,(H,16,17). The smallest absolute Gasteiger partial charge is 0.335 e. The maximum Gasteiger partial charge on any atom is 0.335 e. The summed E-state index contributed by atoms with van der Waals surface area (Å²) in [7, 11) is 0. The van der Waals surface area contributed by atoms with Crippen LogP contribution < -0.4 is 4.74 Å². The first-order valence-electron chi connectivity index (χ1n) is 5.33. The Labute approximate surface area is 110 Å². The molecule has 0 saturated carbocycles. The van der Waals surface area contributed by atoms with E-state index in [1.54, 1.807) is 30.3 Å². The Morgan fingerprint density at radius 3 is 2.56 bits per heavy atom. The van der Waals surface area contributed by atoms with E-state index in [-0.39, 0.29) is 5.56 Å². The Bertz CT molecular complexity index is 593. The molecule has 1 N–H and O–H groups in total. The van der Waals surface area contributed by atoms with Gasteiger partial charge in [0.25, 0.3) is 0 Å². The van der Waals surface area contributed by atoms with Gasteiger partial charge in [-0.3, -0.25) is 0 Å². The van der Waals surface area contributed by atoms with Crippen molar-refractivity contribution in [2.75, 3.05) is 0 Å². The van der Waals surface area contributed by atoms with E-state index in [9.17, 15) is 4.79 Å². The number of aryl methyl sites for hydroxylation is 1. The molecule has 2 rings (SSSR count). The number of aromatic carboxylic acids is 1. The van der Waals surface area contributed by atoms with E-state index in [1.807, 2.05) is 6.92 Å². The fourth-order valence-corrected chi connectivity index (χ4v) is 1.63. The third-order valence-corrected chi connectivity index (χ3v) is 2.87. The van der Waals surface area contributed by atoms with Crippen molar-refractivity contribution in [3.05, 3.63) is 58.6 Å². The molecule has 0 atom stereocenters. The summed E-state index contributed by atoms with van der Waals surface area (Å²) in [6.45, 7) is 1.88. The van der Waals surface area contributed by atoms with Crippen molar-refractivity contribution in [2.24, 2.45) is 0 Å². The van der Waals surface area contributed by atoms with E-state index in [4.69, 9.17) is 21.4 Å². The van der Waals surface area contributed by atoms with E-state index in [1.165, 1.54) is 12.1 Å². The zero-order valence-corrected chi connectivity index (χ0v) is 10.4. The summed E-state index contributed by atoms with van der Waals surface area (Å²) in [6, 6.07) is 11.6. The summed E-state index contributed by atoms with van der Waals surface area (Å²) in [6.07, 6.45) is 0. The minimum absolute atomic E-state index is 0.193. The summed E-state index contributed by atoms with van der Waals surface area (Å²) >= 11 is 5.92. The van der Waals surface area contributed by atoms with Crippen molar-refractivity contribution in [1.82, 2.24) is 0 Å². The molecule has 0 aliphatic carbocycles. The van der Waals surface area contributed by atoms with Crippen molar-refractivity contribution in [3.8, 4) is 11.5 Å². The van der Waals surface area contributed by atoms with Crippen molar-refractivity contribution in [2.45, 2.75) is 6.92 Å². The van der Waals surface area contributed by atoms with Crippen molar-refractivity contribution < 1.29 is 14.6 Å². The molecule has 0 aliphatic rings. The summed E-state index contributed by atoms with van der Waals surface area (Å²) in [4.78, 5) is 10.8. The van der Waals surface area contributed by atoms with Gasteiger partial charge in [0.15, 0.2) is 0 Å². The molecule has 2 aromatic rings. The van der Waals surface area contributed by atoms with Gasteiger partial charge in [-0.1, -0.05) is 17.7 Å². The second-order valence-electron chi connectivity index (χ2n) is 3.85. The quantitative estimate of drug-likeness (QED) is 0.904. The molecule has 0 spiro atoms. The molecule has 0 radical (unpaired) electrons. The van der Waals surface area contributed by atoms with E-state index in [2.05, 4.69) is 0 Å². The van der Waals surface area contributed by atoms with Crippen LogP contribution in [0.3, 0.4) is 0 Å². The van der Waals surface area contributed by atoms with Crippen LogP contribution in [0.25, 0.3) is 0 Å². The molecule has 3 nitrogen and oxygen atoms in total. The number of hydrogen-bond acceptors (Lipinski definition) is 2. The minimum atomic E-state index is -0.979. The number of carbonyl (C=O) groups is 1. The van der Waals surface area contributed by atoms with E-state index in [0.29, 0.717) is 16.5 Å². The largest absolute Gasteiger partial charge is 0.478 e. The number of carboxylic acid groups (broad SMARTS) is 1. The van der Waals surface area contributed by atoms with Gasteiger partial charge in [0, 0.05) is 5.02 Å². The number of rotatable bonds is 3. The molecule has 0 amide bonds. The first-order chi connectivity index (χ1) is 8.56. The lowest BCUT2D eigenvalue weighted by molar-refractivity contribution is 0.0696. The molecule has 0 saturated heterocycles. The molecule has 92 valence electrons. The molecule has 0 aliphatic heterocycles. The summed E-state index contributed by atoms with van der Waals surface area (Å²) in [5.74, 6) is 0.129. The number of ether oxygens (including phenoxy) is 1. The highest BCUT2D eigenvalue weighted by atomic mass is 35.5. The van der Waals surface area contributed by atoms with E-state index >= 15 is 0 Å². The van der Waals surface area contributed by atoms with Crippen LogP contribution in [-0.2, 0) is 0 Å². The lowest BCUT2D eigenvalue weighted by Crippen LogP contribution is -1.96. The fraction of sp³-hybridized carbons (Fsp3) is 0.0714. The second kappa shape index (κ2) is 5.10. The molecule has 0 fully saturated rings. The fourth-order valence-electron chi connectivity index (χ4n) is 1.51. The summed E-state index contributed by atoms with van der Waals surface area (Å²) in [5.41, 5.74) is 1.10. The van der Waals surface area contributed by atoms with Crippen LogP contribution in [0, 0.1) is 6.92 Å². The Balaban J connectivity index is 2.25. The molecule has 0 aromatic heterocycles. The molecule has 4 heteroatoms. The summed E-state index contributed by atoms with van der Waals surface area (Å²) in [5, 5.41) is 9.55. The first kappa shape index (κ1) is 12.5. The predicted octanol–water partition coefficient (Wildman–Crippen LogP) is 4.14. The van der Waals surface area contributed by atoms with Gasteiger partial charge < -0.3 is 9.84 Å². The zero-order valence-electron chi connectivity index (χ0n) is 9.68. The highest BCUT2D eigenvalue weighted by Gasteiger charge is 2.05. The zero-order chi connectivity index (χ0) is 13.1. The maximum atomic E-state index is 10.8. The molecular weight excluding hydrogens is 252 g/mol. The van der Waals surface area contributed by atoms with Crippen LogP contribution in [0.15, 0.2) is 42.5 Å².